The highest BCUT2D eigenvalue weighted by molar-refractivity contribution is 5.84. The molecule has 3 aromatic rings. The highest BCUT2D eigenvalue weighted by atomic mass is 16.5. The zero-order valence-corrected chi connectivity index (χ0v) is 20.5. The van der Waals surface area contributed by atoms with E-state index >= 15 is 0 Å². The summed E-state index contributed by atoms with van der Waals surface area (Å²) < 4.78 is 17.5. The van der Waals surface area contributed by atoms with Crippen LogP contribution in [-0.2, 0) is 19.5 Å². The highest BCUT2D eigenvalue weighted by Gasteiger charge is 2.24. The number of benzene rings is 2. The number of hydrogen-bond donors (Lipinski definition) is 1. The Morgan fingerprint density at radius 3 is 2.62 bits per heavy atom. The number of likely N-dealkylation sites (tertiary alicyclic amines) is 1. The fraction of sp³-hybridized carbons (Fsp3) is 0.536. The van der Waals surface area contributed by atoms with Gasteiger partial charge in [0.25, 0.3) is 0 Å². The SMILES string of the molecule is CNCc1c(OCC2CC2)ccc2c(CCC3CCN(Cc4ccccc4OC)CC3)noc12. The van der Waals surface area contributed by atoms with Gasteiger partial charge < -0.3 is 19.3 Å². The molecule has 1 saturated heterocycles. The van der Waals surface area contributed by atoms with Crippen molar-refractivity contribution in [2.75, 3.05) is 33.9 Å². The van der Waals surface area contributed by atoms with Crippen LogP contribution in [0.25, 0.3) is 11.0 Å². The predicted octanol–water partition coefficient (Wildman–Crippen LogP) is 5.19. The van der Waals surface area contributed by atoms with Crippen molar-refractivity contribution in [1.82, 2.24) is 15.4 Å². The summed E-state index contributed by atoms with van der Waals surface area (Å²) in [7, 11) is 3.71. The first kappa shape index (κ1) is 23.2. The van der Waals surface area contributed by atoms with Gasteiger partial charge in [0.1, 0.15) is 11.5 Å². The summed E-state index contributed by atoms with van der Waals surface area (Å²) in [6, 6.07) is 12.6. The number of nitrogens with one attached hydrogen (secondary N) is 1. The van der Waals surface area contributed by atoms with Crippen LogP contribution in [-0.4, -0.2) is 43.9 Å². The maximum atomic E-state index is 6.11. The third-order valence-corrected chi connectivity index (χ3v) is 7.38. The molecule has 1 aliphatic carbocycles. The monoisotopic (exact) mass is 463 g/mol. The Hall–Kier alpha value is -2.57. The molecule has 1 aliphatic heterocycles. The Bertz CT molecular complexity index is 1080. The lowest BCUT2D eigenvalue weighted by atomic mass is 9.91. The highest BCUT2D eigenvalue weighted by Crippen LogP contribution is 2.34. The average molecular weight is 464 g/mol. The molecule has 5 rings (SSSR count). The number of aryl methyl sites for hydroxylation is 1. The summed E-state index contributed by atoms with van der Waals surface area (Å²) in [5, 5.41) is 8.88. The van der Waals surface area contributed by atoms with Crippen LogP contribution in [0.1, 0.15) is 48.9 Å². The van der Waals surface area contributed by atoms with Gasteiger partial charge in [0, 0.05) is 24.0 Å². The fourth-order valence-electron chi connectivity index (χ4n) is 5.09. The molecule has 0 amide bonds. The minimum absolute atomic E-state index is 0.719. The van der Waals surface area contributed by atoms with Crippen molar-refractivity contribution in [3.05, 3.63) is 53.2 Å². The van der Waals surface area contributed by atoms with Crippen LogP contribution in [0, 0.1) is 11.8 Å². The van der Waals surface area contributed by atoms with Crippen molar-refractivity contribution < 1.29 is 14.0 Å². The van der Waals surface area contributed by atoms with Crippen molar-refractivity contribution in [1.29, 1.82) is 0 Å². The minimum Gasteiger partial charge on any atom is -0.496 e. The number of nitrogens with zero attached hydrogens (tertiary/aromatic N) is 2. The molecular weight excluding hydrogens is 426 g/mol. The topological polar surface area (TPSA) is 59.8 Å². The van der Waals surface area contributed by atoms with Crippen molar-refractivity contribution in [2.45, 2.75) is 51.6 Å². The third-order valence-electron chi connectivity index (χ3n) is 7.38. The molecule has 0 bridgehead atoms. The zero-order valence-electron chi connectivity index (χ0n) is 20.5. The molecule has 34 heavy (non-hydrogen) atoms. The second-order valence-corrected chi connectivity index (χ2v) is 9.90. The van der Waals surface area contributed by atoms with Gasteiger partial charge in [-0.2, -0.15) is 0 Å². The lowest BCUT2D eigenvalue weighted by Gasteiger charge is -2.32. The second-order valence-electron chi connectivity index (χ2n) is 9.90. The lowest BCUT2D eigenvalue weighted by molar-refractivity contribution is 0.170. The summed E-state index contributed by atoms with van der Waals surface area (Å²) in [6.07, 6.45) is 7.16. The molecule has 6 heteroatoms. The van der Waals surface area contributed by atoms with Crippen LogP contribution in [0.3, 0.4) is 0 Å². The van der Waals surface area contributed by atoms with E-state index in [9.17, 15) is 0 Å². The van der Waals surface area contributed by atoms with E-state index in [1.807, 2.05) is 13.1 Å². The number of hydrogen-bond acceptors (Lipinski definition) is 6. The fourth-order valence-corrected chi connectivity index (χ4v) is 5.09. The summed E-state index contributed by atoms with van der Waals surface area (Å²) in [5.41, 5.74) is 4.32. The summed E-state index contributed by atoms with van der Waals surface area (Å²) in [5.74, 6) is 3.38. The Morgan fingerprint density at radius 1 is 1.03 bits per heavy atom. The number of para-hydroxylation sites is 1. The number of fused-ring (bicyclic) bond motifs is 1. The molecule has 182 valence electrons. The molecule has 2 heterocycles. The first-order valence-corrected chi connectivity index (χ1v) is 12.8. The van der Waals surface area contributed by atoms with Gasteiger partial charge in [-0.05, 0) is 88.7 Å². The first-order chi connectivity index (χ1) is 16.7. The van der Waals surface area contributed by atoms with Gasteiger partial charge in [0.2, 0.25) is 0 Å². The molecule has 0 spiro atoms. The summed E-state index contributed by atoms with van der Waals surface area (Å²) in [6.45, 7) is 4.76. The van der Waals surface area contributed by atoms with Crippen molar-refractivity contribution in [2.24, 2.45) is 11.8 Å². The molecule has 0 atom stereocenters. The van der Waals surface area contributed by atoms with Gasteiger partial charge in [-0.3, -0.25) is 4.90 Å². The Balaban J connectivity index is 1.17. The number of aromatic nitrogens is 1. The van der Waals surface area contributed by atoms with Crippen LogP contribution < -0.4 is 14.8 Å². The van der Waals surface area contributed by atoms with E-state index in [0.717, 1.165) is 91.2 Å². The number of methoxy groups -OCH3 is 1. The molecule has 2 aromatic carbocycles. The zero-order chi connectivity index (χ0) is 23.3. The van der Waals surface area contributed by atoms with E-state index < -0.39 is 0 Å². The van der Waals surface area contributed by atoms with Crippen molar-refractivity contribution in [3.8, 4) is 11.5 Å². The Kier molecular flexibility index (Phi) is 7.36. The van der Waals surface area contributed by atoms with E-state index in [4.69, 9.17) is 14.0 Å². The predicted molar refractivity (Wildman–Crippen MR) is 134 cm³/mol. The van der Waals surface area contributed by atoms with Gasteiger partial charge in [0.15, 0.2) is 5.58 Å². The molecule has 1 aromatic heterocycles. The Labute approximate surface area is 202 Å². The maximum Gasteiger partial charge on any atom is 0.175 e. The molecule has 2 aliphatic rings. The minimum atomic E-state index is 0.719. The van der Waals surface area contributed by atoms with Crippen LogP contribution >= 0.6 is 0 Å². The van der Waals surface area contributed by atoms with Gasteiger partial charge in [-0.25, -0.2) is 0 Å². The van der Waals surface area contributed by atoms with E-state index in [0.29, 0.717) is 0 Å². The molecular formula is C28H37N3O3. The molecule has 1 N–H and O–H groups in total. The maximum absolute atomic E-state index is 6.11. The van der Waals surface area contributed by atoms with Crippen LogP contribution in [0.2, 0.25) is 0 Å². The van der Waals surface area contributed by atoms with Crippen LogP contribution in [0.4, 0.5) is 0 Å². The molecule has 6 nitrogen and oxygen atoms in total. The van der Waals surface area contributed by atoms with Gasteiger partial charge in [0.05, 0.1) is 25.0 Å². The van der Waals surface area contributed by atoms with E-state index in [1.54, 1.807) is 7.11 Å². The number of rotatable bonds is 11. The quantitative estimate of drug-likeness (QED) is 0.422. The molecule has 0 radical (unpaired) electrons. The number of piperidine rings is 1. The molecule has 2 fully saturated rings. The van der Waals surface area contributed by atoms with Crippen molar-refractivity contribution >= 4 is 11.0 Å². The van der Waals surface area contributed by atoms with Gasteiger partial charge >= 0.3 is 0 Å². The van der Waals surface area contributed by atoms with Crippen molar-refractivity contribution in [3.63, 3.8) is 0 Å². The Morgan fingerprint density at radius 2 is 1.85 bits per heavy atom. The normalized spacial score (nSPS) is 17.4. The molecule has 0 unspecified atom stereocenters. The summed E-state index contributed by atoms with van der Waals surface area (Å²) >= 11 is 0. The largest absolute Gasteiger partial charge is 0.496 e. The van der Waals surface area contributed by atoms with Crippen LogP contribution in [0.15, 0.2) is 40.9 Å². The lowest BCUT2D eigenvalue weighted by Crippen LogP contribution is -2.33. The first-order valence-electron chi connectivity index (χ1n) is 12.8. The van der Waals surface area contributed by atoms with Gasteiger partial charge in [-0.15, -0.1) is 0 Å². The standard InChI is InChI=1S/C28H37N3O3/c1-29-17-24-27(33-19-21-7-8-21)12-10-23-25(30-34-28(23)24)11-9-20-13-15-31(16-14-20)18-22-5-3-4-6-26(22)32-2/h3-6,10,12,20-21,29H,7-9,11,13-19H2,1-2H3. The average Bonchev–Trinajstić information content (AvgIpc) is 3.61. The number of ether oxygens (including phenoxy) is 2. The third kappa shape index (κ3) is 5.39. The van der Waals surface area contributed by atoms with Crippen LogP contribution in [0.5, 0.6) is 11.5 Å². The second kappa shape index (κ2) is 10.8. The van der Waals surface area contributed by atoms with E-state index in [2.05, 4.69) is 45.7 Å². The summed E-state index contributed by atoms with van der Waals surface area (Å²) in [4.78, 5) is 2.55. The van der Waals surface area contributed by atoms with E-state index in [1.165, 1.54) is 31.2 Å². The van der Waals surface area contributed by atoms with Gasteiger partial charge in [-0.1, -0.05) is 23.4 Å². The van der Waals surface area contributed by atoms with E-state index in [-0.39, 0.29) is 0 Å². The molecule has 1 saturated carbocycles. The smallest absolute Gasteiger partial charge is 0.175 e.